The first-order chi connectivity index (χ1) is 15.4. The highest BCUT2D eigenvalue weighted by atomic mass is 79.9. The van der Waals surface area contributed by atoms with Gasteiger partial charge in [0.05, 0.1) is 19.9 Å². The molecule has 0 aliphatic carbocycles. The molecule has 0 saturated carbocycles. The van der Waals surface area contributed by atoms with Crippen molar-refractivity contribution < 1.29 is 14.3 Å². The summed E-state index contributed by atoms with van der Waals surface area (Å²) in [6.07, 6.45) is 1.74. The number of hydrogen-bond donors (Lipinski definition) is 0. The summed E-state index contributed by atoms with van der Waals surface area (Å²) in [6, 6.07) is 18.5. The number of amides is 1. The zero-order valence-corrected chi connectivity index (χ0v) is 20.1. The number of aliphatic imine (C=N–C) groups is 1. The number of hydrogen-bond acceptors (Lipinski definition) is 4. The van der Waals surface area contributed by atoms with Crippen molar-refractivity contribution in [3.8, 4) is 11.5 Å². The number of carbonyl (C=O) groups is 1. The Balaban J connectivity index is 1.83. The molecule has 7 heteroatoms. The first-order valence-electron chi connectivity index (χ1n) is 9.80. The lowest BCUT2D eigenvalue weighted by Gasteiger charge is -2.20. The maximum absolute atomic E-state index is 13.5. The Labute approximate surface area is 200 Å². The van der Waals surface area contributed by atoms with Crippen LogP contribution in [0.5, 0.6) is 11.5 Å². The minimum absolute atomic E-state index is 0.228. The lowest BCUT2D eigenvalue weighted by molar-refractivity contribution is -0.113. The molecule has 0 unspecified atom stereocenters. The van der Waals surface area contributed by atoms with Gasteiger partial charge in [-0.15, -0.1) is 0 Å². The van der Waals surface area contributed by atoms with Crippen molar-refractivity contribution in [2.75, 3.05) is 19.1 Å². The largest absolute Gasteiger partial charge is 0.493 e. The molecule has 0 atom stereocenters. The van der Waals surface area contributed by atoms with Crippen molar-refractivity contribution in [1.82, 2.24) is 0 Å². The Morgan fingerprint density at radius 1 is 0.969 bits per heavy atom. The number of aryl methyl sites for hydroxylation is 1. The molecule has 0 spiro atoms. The Bertz CT molecular complexity index is 1250. The first kappa shape index (κ1) is 22.1. The van der Waals surface area contributed by atoms with Gasteiger partial charge in [0.1, 0.15) is 11.5 Å². The average molecular weight is 512 g/mol. The normalized spacial score (nSPS) is 14.7. The number of rotatable bonds is 5. The fourth-order valence-electron chi connectivity index (χ4n) is 3.43. The van der Waals surface area contributed by atoms with E-state index in [2.05, 4.69) is 15.9 Å². The van der Waals surface area contributed by atoms with Gasteiger partial charge in [-0.25, -0.2) is 4.99 Å². The number of methoxy groups -OCH3 is 2. The summed E-state index contributed by atoms with van der Waals surface area (Å²) in [5.74, 6) is 1.49. The van der Waals surface area contributed by atoms with Gasteiger partial charge in [-0.2, -0.15) is 0 Å². The van der Waals surface area contributed by atoms with E-state index in [0.29, 0.717) is 33.7 Å². The molecule has 1 amide bonds. The van der Waals surface area contributed by atoms with E-state index in [1.165, 1.54) is 0 Å². The van der Waals surface area contributed by atoms with Crippen molar-refractivity contribution in [2.45, 2.75) is 6.92 Å². The molecule has 0 bridgehead atoms. The van der Waals surface area contributed by atoms with Crippen LogP contribution in [0.3, 0.4) is 0 Å². The number of carbonyl (C=O) groups excluding carboxylic acids is 1. The predicted molar refractivity (Wildman–Crippen MR) is 132 cm³/mol. The number of amidine groups is 1. The van der Waals surface area contributed by atoms with Gasteiger partial charge in [-0.1, -0.05) is 23.7 Å². The zero-order valence-electron chi connectivity index (χ0n) is 17.7. The molecule has 4 rings (SSSR count). The van der Waals surface area contributed by atoms with Crippen LogP contribution in [0.2, 0.25) is 5.02 Å². The Kier molecular flexibility index (Phi) is 6.35. The van der Waals surface area contributed by atoms with Gasteiger partial charge < -0.3 is 9.47 Å². The Morgan fingerprint density at radius 3 is 2.34 bits per heavy atom. The third-order valence-corrected chi connectivity index (χ3v) is 5.90. The molecule has 0 N–H and O–H groups in total. The van der Waals surface area contributed by atoms with E-state index >= 15 is 0 Å². The maximum atomic E-state index is 13.5. The van der Waals surface area contributed by atoms with Crippen LogP contribution < -0.4 is 14.4 Å². The molecule has 3 aromatic rings. The minimum Gasteiger partial charge on any atom is -0.493 e. The van der Waals surface area contributed by atoms with E-state index in [0.717, 1.165) is 21.2 Å². The fraction of sp³-hybridized carbons (Fsp3) is 0.120. The molecule has 1 aliphatic rings. The quantitative estimate of drug-likeness (QED) is 0.380. The molecule has 0 saturated heterocycles. The summed E-state index contributed by atoms with van der Waals surface area (Å²) in [6.45, 7) is 2.00. The smallest absolute Gasteiger partial charge is 0.282 e. The summed E-state index contributed by atoms with van der Waals surface area (Å²) in [5, 5.41) is 0.614. The van der Waals surface area contributed by atoms with E-state index in [-0.39, 0.29) is 5.91 Å². The summed E-state index contributed by atoms with van der Waals surface area (Å²) in [4.78, 5) is 19.8. The van der Waals surface area contributed by atoms with Crippen LogP contribution in [-0.2, 0) is 4.79 Å². The van der Waals surface area contributed by atoms with Gasteiger partial charge >= 0.3 is 0 Å². The third kappa shape index (κ3) is 4.29. The fourth-order valence-corrected chi connectivity index (χ4v) is 4.22. The minimum atomic E-state index is -0.228. The molecule has 32 heavy (non-hydrogen) atoms. The van der Waals surface area contributed by atoms with Crippen molar-refractivity contribution >= 4 is 51.0 Å². The lowest BCUT2D eigenvalue weighted by atomic mass is 10.1. The zero-order chi connectivity index (χ0) is 22.8. The molecule has 0 aromatic heterocycles. The van der Waals surface area contributed by atoms with Crippen LogP contribution in [0, 0.1) is 6.92 Å². The van der Waals surface area contributed by atoms with Crippen LogP contribution in [0.25, 0.3) is 6.08 Å². The monoisotopic (exact) mass is 510 g/mol. The van der Waals surface area contributed by atoms with Crippen LogP contribution in [-0.4, -0.2) is 26.0 Å². The van der Waals surface area contributed by atoms with Crippen LogP contribution in [0.1, 0.15) is 16.7 Å². The summed E-state index contributed by atoms with van der Waals surface area (Å²) in [5.41, 5.74) is 3.67. The molecule has 162 valence electrons. The van der Waals surface area contributed by atoms with Gasteiger partial charge in [-0.05, 0) is 88.6 Å². The standard InChI is InChI=1S/C25H20BrClN2O3/c1-15-4-10-21(19(26)12-15)29-24(17-6-8-18(27)9-7-17)28-20(25(29)30)13-16-5-11-22(31-2)23(14-16)32-3/h4-14H,1-3H3. The first-order valence-corrected chi connectivity index (χ1v) is 11.0. The number of halogens is 2. The SMILES string of the molecule is COc1ccc(C=C2N=C(c3ccc(Cl)cc3)N(c3ccc(C)cc3Br)C2=O)cc1OC. The molecule has 1 heterocycles. The third-order valence-electron chi connectivity index (χ3n) is 5.02. The van der Waals surface area contributed by atoms with E-state index in [9.17, 15) is 4.79 Å². The van der Waals surface area contributed by atoms with E-state index in [1.807, 2.05) is 43.3 Å². The summed E-state index contributed by atoms with van der Waals surface area (Å²) in [7, 11) is 3.15. The Morgan fingerprint density at radius 2 is 1.69 bits per heavy atom. The molecular weight excluding hydrogens is 492 g/mol. The van der Waals surface area contributed by atoms with Crippen LogP contribution >= 0.6 is 27.5 Å². The Hall–Kier alpha value is -3.09. The topological polar surface area (TPSA) is 51.1 Å². The van der Waals surface area contributed by atoms with Crippen molar-refractivity contribution in [2.24, 2.45) is 4.99 Å². The van der Waals surface area contributed by atoms with E-state index < -0.39 is 0 Å². The van der Waals surface area contributed by atoms with E-state index in [1.54, 1.807) is 49.5 Å². The van der Waals surface area contributed by atoms with Gasteiger partial charge in [0.2, 0.25) is 0 Å². The molecule has 5 nitrogen and oxygen atoms in total. The van der Waals surface area contributed by atoms with E-state index in [4.69, 9.17) is 26.1 Å². The number of anilines is 1. The van der Waals surface area contributed by atoms with Gasteiger partial charge in [0, 0.05) is 15.1 Å². The number of nitrogens with zero attached hydrogens (tertiary/aromatic N) is 2. The highest BCUT2D eigenvalue weighted by Crippen LogP contribution is 2.35. The molecular formula is C25H20BrClN2O3. The van der Waals surface area contributed by atoms with Crippen molar-refractivity contribution in [3.05, 3.63) is 92.5 Å². The number of benzene rings is 3. The lowest BCUT2D eigenvalue weighted by Crippen LogP contribution is -2.33. The molecule has 3 aromatic carbocycles. The molecule has 0 fully saturated rings. The summed E-state index contributed by atoms with van der Waals surface area (Å²) >= 11 is 9.67. The average Bonchev–Trinajstić information content (AvgIpc) is 3.10. The van der Waals surface area contributed by atoms with Gasteiger partial charge in [-0.3, -0.25) is 9.69 Å². The second-order valence-corrected chi connectivity index (χ2v) is 8.47. The second kappa shape index (κ2) is 9.18. The van der Waals surface area contributed by atoms with Crippen LogP contribution in [0.15, 0.2) is 75.8 Å². The maximum Gasteiger partial charge on any atom is 0.282 e. The highest BCUT2D eigenvalue weighted by Gasteiger charge is 2.33. The van der Waals surface area contributed by atoms with Gasteiger partial charge in [0.25, 0.3) is 5.91 Å². The highest BCUT2D eigenvalue weighted by molar-refractivity contribution is 9.10. The second-order valence-electron chi connectivity index (χ2n) is 7.18. The molecule has 1 aliphatic heterocycles. The predicted octanol–water partition coefficient (Wildman–Crippen LogP) is 6.26. The summed E-state index contributed by atoms with van der Waals surface area (Å²) < 4.78 is 11.5. The van der Waals surface area contributed by atoms with Crippen molar-refractivity contribution in [1.29, 1.82) is 0 Å². The van der Waals surface area contributed by atoms with Crippen LogP contribution in [0.4, 0.5) is 5.69 Å². The van der Waals surface area contributed by atoms with Gasteiger partial charge in [0.15, 0.2) is 11.5 Å². The number of ether oxygens (including phenoxy) is 2. The molecule has 0 radical (unpaired) electrons. The van der Waals surface area contributed by atoms with Crippen molar-refractivity contribution in [3.63, 3.8) is 0 Å².